The minimum Gasteiger partial charge on any atom is -0.327 e. The number of ketones is 1. The number of rotatable bonds is 0. The summed E-state index contributed by atoms with van der Waals surface area (Å²) in [5, 5.41) is 0. The number of alkyl halides is 3. The molecule has 1 aliphatic rings. The molecule has 1 amide bonds. The lowest BCUT2D eigenvalue weighted by atomic mass is 10.2. The molecule has 0 aromatic heterocycles. The van der Waals surface area contributed by atoms with Crippen molar-refractivity contribution in [1.82, 2.24) is 4.90 Å². The second kappa shape index (κ2) is 2.46. The van der Waals surface area contributed by atoms with E-state index in [1.807, 2.05) is 0 Å². The number of carbonyl (C=O) groups excluding carboxylic acids is 2. The fourth-order valence-electron chi connectivity index (χ4n) is 1.07. The first-order valence-electron chi connectivity index (χ1n) is 3.20. The molecule has 0 radical (unpaired) electrons. The molecule has 1 fully saturated rings. The summed E-state index contributed by atoms with van der Waals surface area (Å²) in [5.74, 6) is -2.03. The van der Waals surface area contributed by atoms with Gasteiger partial charge in [0.25, 0.3) is 5.91 Å². The molecule has 1 unspecified atom stereocenters. The first-order chi connectivity index (χ1) is 5.34. The molecule has 6 heteroatoms. The molecule has 0 saturated carbocycles. The van der Waals surface area contributed by atoms with Crippen LogP contribution in [-0.4, -0.2) is 35.9 Å². The van der Waals surface area contributed by atoms with Crippen molar-refractivity contribution in [2.45, 2.75) is 18.6 Å². The van der Waals surface area contributed by atoms with Crippen LogP contribution in [0.4, 0.5) is 13.2 Å². The van der Waals surface area contributed by atoms with Gasteiger partial charge in [-0.3, -0.25) is 9.59 Å². The van der Waals surface area contributed by atoms with Gasteiger partial charge in [0.2, 0.25) is 5.78 Å². The van der Waals surface area contributed by atoms with Crippen LogP contribution in [0.3, 0.4) is 0 Å². The van der Waals surface area contributed by atoms with Crippen LogP contribution >= 0.6 is 0 Å². The maximum Gasteiger partial charge on any atom is 0.409 e. The smallest absolute Gasteiger partial charge is 0.327 e. The van der Waals surface area contributed by atoms with Crippen molar-refractivity contribution < 1.29 is 22.8 Å². The molecule has 1 aliphatic heterocycles. The second-order valence-electron chi connectivity index (χ2n) is 2.60. The second-order valence-corrected chi connectivity index (χ2v) is 2.60. The summed E-state index contributed by atoms with van der Waals surface area (Å²) in [4.78, 5) is 21.6. The SMILES string of the molecule is CN1C(=O)C(=O)CC1C(F)(F)F. The van der Waals surface area contributed by atoms with E-state index in [2.05, 4.69) is 0 Å². The van der Waals surface area contributed by atoms with Gasteiger partial charge in [0.1, 0.15) is 6.04 Å². The van der Waals surface area contributed by atoms with E-state index in [1.165, 1.54) is 0 Å². The van der Waals surface area contributed by atoms with Crippen molar-refractivity contribution in [2.24, 2.45) is 0 Å². The van der Waals surface area contributed by atoms with E-state index in [0.29, 0.717) is 4.90 Å². The largest absolute Gasteiger partial charge is 0.409 e. The highest BCUT2D eigenvalue weighted by atomic mass is 19.4. The molecule has 0 aliphatic carbocycles. The lowest BCUT2D eigenvalue weighted by Gasteiger charge is -2.20. The highest BCUT2D eigenvalue weighted by Gasteiger charge is 2.51. The van der Waals surface area contributed by atoms with Crippen LogP contribution in [0.2, 0.25) is 0 Å². The van der Waals surface area contributed by atoms with Gasteiger partial charge in [-0.05, 0) is 0 Å². The highest BCUT2D eigenvalue weighted by molar-refractivity contribution is 6.38. The molecular formula is C6H6F3NO2. The minimum atomic E-state index is -4.50. The van der Waals surface area contributed by atoms with Crippen molar-refractivity contribution in [3.8, 4) is 0 Å². The summed E-state index contributed by atoms with van der Waals surface area (Å²) in [5.41, 5.74) is 0. The number of likely N-dealkylation sites (tertiary alicyclic amines) is 1. The number of amides is 1. The van der Waals surface area contributed by atoms with Gasteiger partial charge >= 0.3 is 6.18 Å². The van der Waals surface area contributed by atoms with Crippen LogP contribution in [0.15, 0.2) is 0 Å². The summed E-state index contributed by atoms with van der Waals surface area (Å²) in [6.45, 7) is 0. The number of halogens is 3. The van der Waals surface area contributed by atoms with Gasteiger partial charge in [-0.25, -0.2) is 0 Å². The molecular weight excluding hydrogens is 175 g/mol. The molecule has 0 spiro atoms. The van der Waals surface area contributed by atoms with E-state index >= 15 is 0 Å². The predicted molar refractivity (Wildman–Crippen MR) is 32.2 cm³/mol. The molecule has 68 valence electrons. The van der Waals surface area contributed by atoms with Crippen molar-refractivity contribution in [2.75, 3.05) is 7.05 Å². The van der Waals surface area contributed by atoms with Crippen molar-refractivity contribution >= 4 is 11.7 Å². The average molecular weight is 181 g/mol. The van der Waals surface area contributed by atoms with Crippen LogP contribution in [0.1, 0.15) is 6.42 Å². The van der Waals surface area contributed by atoms with E-state index in [1.54, 1.807) is 0 Å². The van der Waals surface area contributed by atoms with Crippen LogP contribution in [0.5, 0.6) is 0 Å². The molecule has 3 nitrogen and oxygen atoms in total. The first kappa shape index (κ1) is 9.02. The Balaban J connectivity index is 2.85. The molecule has 1 atom stereocenters. The standard InChI is InChI=1S/C6H6F3NO2/c1-10-4(6(7,8)9)2-3(11)5(10)12/h4H,2H2,1H3. The lowest BCUT2D eigenvalue weighted by Crippen LogP contribution is -2.40. The maximum absolute atomic E-state index is 12.0. The molecule has 0 N–H and O–H groups in total. The Morgan fingerprint density at radius 1 is 1.42 bits per heavy atom. The molecule has 1 heterocycles. The van der Waals surface area contributed by atoms with Gasteiger partial charge in [-0.15, -0.1) is 0 Å². The van der Waals surface area contributed by atoms with Gasteiger partial charge in [0.05, 0.1) is 0 Å². The van der Waals surface area contributed by atoms with Gasteiger partial charge in [0, 0.05) is 13.5 Å². The lowest BCUT2D eigenvalue weighted by molar-refractivity contribution is -0.177. The topological polar surface area (TPSA) is 37.4 Å². The zero-order chi connectivity index (χ0) is 9.52. The molecule has 0 bridgehead atoms. The molecule has 0 aromatic carbocycles. The van der Waals surface area contributed by atoms with Crippen LogP contribution in [-0.2, 0) is 9.59 Å². The van der Waals surface area contributed by atoms with Crippen molar-refractivity contribution in [3.63, 3.8) is 0 Å². The summed E-state index contributed by atoms with van der Waals surface area (Å²) >= 11 is 0. The van der Waals surface area contributed by atoms with E-state index in [9.17, 15) is 22.8 Å². The number of Topliss-reactive ketones (excluding diaryl/α,β-unsaturated/α-hetero) is 1. The first-order valence-corrected chi connectivity index (χ1v) is 3.20. The van der Waals surface area contributed by atoms with E-state index in [-0.39, 0.29) is 0 Å². The molecule has 12 heavy (non-hydrogen) atoms. The van der Waals surface area contributed by atoms with Gasteiger partial charge in [0.15, 0.2) is 0 Å². The predicted octanol–water partition coefficient (Wildman–Crippen LogP) is 0.348. The van der Waals surface area contributed by atoms with E-state index in [0.717, 1.165) is 7.05 Å². The highest BCUT2D eigenvalue weighted by Crippen LogP contribution is 2.30. The Labute approximate surface area is 66.1 Å². The van der Waals surface area contributed by atoms with Gasteiger partial charge < -0.3 is 4.90 Å². The molecule has 1 saturated heterocycles. The Kier molecular flexibility index (Phi) is 1.85. The maximum atomic E-state index is 12.0. The van der Waals surface area contributed by atoms with Gasteiger partial charge in [-0.1, -0.05) is 0 Å². The summed E-state index contributed by atoms with van der Waals surface area (Å²) in [6.07, 6.45) is -5.25. The summed E-state index contributed by atoms with van der Waals surface area (Å²) < 4.78 is 36.0. The Morgan fingerprint density at radius 2 is 1.92 bits per heavy atom. The third kappa shape index (κ3) is 1.28. The van der Waals surface area contributed by atoms with Crippen molar-refractivity contribution in [1.29, 1.82) is 0 Å². The fraction of sp³-hybridized carbons (Fsp3) is 0.667. The van der Waals surface area contributed by atoms with Crippen LogP contribution < -0.4 is 0 Å². The van der Waals surface area contributed by atoms with E-state index in [4.69, 9.17) is 0 Å². The molecule has 0 aromatic rings. The normalized spacial score (nSPS) is 25.3. The summed E-state index contributed by atoms with van der Waals surface area (Å²) in [6, 6.07) is -1.93. The fourth-order valence-corrected chi connectivity index (χ4v) is 1.07. The number of carbonyl (C=O) groups is 2. The Morgan fingerprint density at radius 3 is 2.08 bits per heavy atom. The van der Waals surface area contributed by atoms with E-state index < -0.39 is 30.3 Å². The number of nitrogens with zero attached hydrogens (tertiary/aromatic N) is 1. The summed E-state index contributed by atoms with van der Waals surface area (Å²) in [7, 11) is 0.978. The molecule has 1 rings (SSSR count). The quantitative estimate of drug-likeness (QED) is 0.505. The van der Waals surface area contributed by atoms with Crippen LogP contribution in [0, 0.1) is 0 Å². The average Bonchev–Trinajstić information content (AvgIpc) is 2.15. The minimum absolute atomic E-state index is 0.433. The Bertz CT molecular complexity index is 235. The monoisotopic (exact) mass is 181 g/mol. The van der Waals surface area contributed by atoms with Crippen LogP contribution in [0.25, 0.3) is 0 Å². The number of likely N-dealkylation sites (N-methyl/N-ethyl adjacent to an activating group) is 1. The third-order valence-electron chi connectivity index (χ3n) is 1.78. The zero-order valence-corrected chi connectivity index (χ0v) is 6.18. The Hall–Kier alpha value is -1.07. The third-order valence-corrected chi connectivity index (χ3v) is 1.78. The van der Waals surface area contributed by atoms with Gasteiger partial charge in [-0.2, -0.15) is 13.2 Å². The number of hydrogen-bond acceptors (Lipinski definition) is 2. The number of hydrogen-bond donors (Lipinski definition) is 0. The zero-order valence-electron chi connectivity index (χ0n) is 6.18. The van der Waals surface area contributed by atoms with Crippen molar-refractivity contribution in [3.05, 3.63) is 0 Å².